The largest absolute Gasteiger partial charge is 0.490 e. The standard InChI is InChI=1S/C21H25N3O5/c1-11(2)22-10-12-7-14(8-12)29-13-3-4-15-16(9-13)21(28)24(20(15)27)17-5-6-18(25)23-19(17)26/h3-4,9,11-12,14,17,22H,5-8,10H2,1-2H3,(H,23,25,26). The Labute approximate surface area is 169 Å². The predicted octanol–water partition coefficient (Wildman–Crippen LogP) is 1.24. The van der Waals surface area contributed by atoms with E-state index in [1.54, 1.807) is 18.2 Å². The molecule has 2 aliphatic heterocycles. The van der Waals surface area contributed by atoms with Gasteiger partial charge in [0.2, 0.25) is 11.8 Å². The molecule has 2 fully saturated rings. The van der Waals surface area contributed by atoms with Crippen LogP contribution in [0.4, 0.5) is 0 Å². The molecule has 8 nitrogen and oxygen atoms in total. The van der Waals surface area contributed by atoms with Gasteiger partial charge in [0.25, 0.3) is 11.8 Å². The molecular weight excluding hydrogens is 374 g/mol. The third-order valence-electron chi connectivity index (χ3n) is 5.72. The number of benzene rings is 1. The van der Waals surface area contributed by atoms with E-state index in [1.165, 1.54) is 0 Å². The zero-order valence-electron chi connectivity index (χ0n) is 16.6. The van der Waals surface area contributed by atoms with Crippen LogP contribution < -0.4 is 15.4 Å². The molecule has 1 saturated carbocycles. The van der Waals surface area contributed by atoms with Crippen molar-refractivity contribution in [1.29, 1.82) is 0 Å². The van der Waals surface area contributed by atoms with Crippen LogP contribution in [-0.2, 0) is 9.59 Å². The highest BCUT2D eigenvalue weighted by Gasteiger charge is 2.44. The summed E-state index contributed by atoms with van der Waals surface area (Å²) in [7, 11) is 0. The third-order valence-corrected chi connectivity index (χ3v) is 5.72. The predicted molar refractivity (Wildman–Crippen MR) is 103 cm³/mol. The molecule has 2 N–H and O–H groups in total. The van der Waals surface area contributed by atoms with Gasteiger partial charge in [0.1, 0.15) is 11.8 Å². The summed E-state index contributed by atoms with van der Waals surface area (Å²) in [5.41, 5.74) is 0.509. The quantitative estimate of drug-likeness (QED) is 0.698. The van der Waals surface area contributed by atoms with E-state index in [9.17, 15) is 19.2 Å². The highest BCUT2D eigenvalue weighted by molar-refractivity contribution is 6.23. The molecular formula is C21H25N3O5. The lowest BCUT2D eigenvalue weighted by Crippen LogP contribution is -2.54. The molecule has 3 aliphatic rings. The van der Waals surface area contributed by atoms with Crippen LogP contribution in [0.2, 0.25) is 0 Å². The molecule has 8 heteroatoms. The average Bonchev–Trinajstić information content (AvgIpc) is 2.88. The molecule has 4 amide bonds. The van der Waals surface area contributed by atoms with Gasteiger partial charge in [0.15, 0.2) is 0 Å². The summed E-state index contributed by atoms with van der Waals surface area (Å²) in [6.07, 6.45) is 2.25. The maximum absolute atomic E-state index is 12.8. The Balaban J connectivity index is 1.41. The van der Waals surface area contributed by atoms with E-state index in [0.29, 0.717) is 17.7 Å². The third kappa shape index (κ3) is 3.76. The fourth-order valence-corrected chi connectivity index (χ4v) is 4.06. The molecule has 2 heterocycles. The zero-order valence-corrected chi connectivity index (χ0v) is 16.6. The van der Waals surface area contributed by atoms with Gasteiger partial charge in [-0.05, 0) is 49.9 Å². The number of nitrogens with one attached hydrogen (secondary N) is 2. The number of nitrogens with zero attached hydrogens (tertiary/aromatic N) is 1. The second kappa shape index (κ2) is 7.59. The minimum absolute atomic E-state index is 0.102. The zero-order chi connectivity index (χ0) is 20.7. The summed E-state index contributed by atoms with van der Waals surface area (Å²) < 4.78 is 5.98. The lowest BCUT2D eigenvalue weighted by molar-refractivity contribution is -0.136. The Morgan fingerprint density at radius 2 is 1.86 bits per heavy atom. The molecule has 154 valence electrons. The van der Waals surface area contributed by atoms with Crippen molar-refractivity contribution in [2.45, 2.75) is 57.7 Å². The normalized spacial score (nSPS) is 26.4. The Morgan fingerprint density at radius 1 is 1.14 bits per heavy atom. The van der Waals surface area contributed by atoms with Gasteiger partial charge in [0.05, 0.1) is 17.2 Å². The number of rotatable bonds is 6. The molecule has 1 aromatic rings. The second-order valence-electron chi connectivity index (χ2n) is 8.29. The lowest BCUT2D eigenvalue weighted by Gasteiger charge is -2.36. The first-order chi connectivity index (χ1) is 13.8. The molecule has 0 radical (unpaired) electrons. The van der Waals surface area contributed by atoms with Gasteiger partial charge >= 0.3 is 0 Å². The first-order valence-electron chi connectivity index (χ1n) is 10.1. The van der Waals surface area contributed by atoms with Gasteiger partial charge in [-0.3, -0.25) is 29.4 Å². The summed E-state index contributed by atoms with van der Waals surface area (Å²) in [5.74, 6) is -0.880. The molecule has 4 rings (SSSR count). The van der Waals surface area contributed by atoms with E-state index in [1.807, 2.05) is 0 Å². The maximum Gasteiger partial charge on any atom is 0.262 e. The van der Waals surface area contributed by atoms with Crippen LogP contribution in [0, 0.1) is 5.92 Å². The molecule has 29 heavy (non-hydrogen) atoms. The van der Waals surface area contributed by atoms with E-state index in [-0.39, 0.29) is 36.0 Å². The molecule has 1 atom stereocenters. The van der Waals surface area contributed by atoms with E-state index in [2.05, 4.69) is 24.5 Å². The highest BCUT2D eigenvalue weighted by Crippen LogP contribution is 2.34. The molecule has 1 saturated heterocycles. The fourth-order valence-electron chi connectivity index (χ4n) is 4.06. The van der Waals surface area contributed by atoms with Crippen molar-refractivity contribution in [2.75, 3.05) is 6.54 Å². The van der Waals surface area contributed by atoms with Gasteiger partial charge in [0, 0.05) is 12.5 Å². The molecule has 0 bridgehead atoms. The number of amides is 4. The first-order valence-corrected chi connectivity index (χ1v) is 10.1. The second-order valence-corrected chi connectivity index (χ2v) is 8.29. The first kappa shape index (κ1) is 19.6. The van der Waals surface area contributed by atoms with E-state index in [4.69, 9.17) is 4.74 Å². The van der Waals surface area contributed by atoms with Crippen molar-refractivity contribution in [3.63, 3.8) is 0 Å². The van der Waals surface area contributed by atoms with Crippen LogP contribution in [0.25, 0.3) is 0 Å². The molecule has 1 aromatic carbocycles. The summed E-state index contributed by atoms with van der Waals surface area (Å²) in [5, 5.41) is 5.62. The number of carbonyl (C=O) groups excluding carboxylic acids is 4. The molecule has 0 aromatic heterocycles. The van der Waals surface area contributed by atoms with Gasteiger partial charge in [-0.15, -0.1) is 0 Å². The fraction of sp³-hybridized carbons (Fsp3) is 0.524. The Morgan fingerprint density at radius 3 is 2.55 bits per heavy atom. The lowest BCUT2D eigenvalue weighted by atomic mass is 9.82. The van der Waals surface area contributed by atoms with Crippen LogP contribution in [0.1, 0.15) is 60.2 Å². The maximum atomic E-state index is 12.8. The number of imide groups is 2. The Bertz CT molecular complexity index is 875. The van der Waals surface area contributed by atoms with Crippen LogP contribution in [0.5, 0.6) is 5.75 Å². The Hall–Kier alpha value is -2.74. The molecule has 1 aliphatic carbocycles. The number of carbonyl (C=O) groups is 4. The number of hydrogen-bond acceptors (Lipinski definition) is 6. The van der Waals surface area contributed by atoms with Gasteiger partial charge in [-0.25, -0.2) is 0 Å². The molecule has 0 spiro atoms. The van der Waals surface area contributed by atoms with Crippen molar-refractivity contribution in [3.8, 4) is 5.75 Å². The van der Waals surface area contributed by atoms with Gasteiger partial charge in [-0.1, -0.05) is 13.8 Å². The van der Waals surface area contributed by atoms with Crippen LogP contribution >= 0.6 is 0 Å². The van der Waals surface area contributed by atoms with Crippen LogP contribution in [0.3, 0.4) is 0 Å². The number of fused-ring (bicyclic) bond motifs is 1. The van der Waals surface area contributed by atoms with Crippen molar-refractivity contribution >= 4 is 23.6 Å². The number of piperidine rings is 1. The minimum atomic E-state index is -0.953. The topological polar surface area (TPSA) is 105 Å². The SMILES string of the molecule is CC(C)NCC1CC(Oc2ccc3c(c2)C(=O)N(C2CCC(=O)NC2=O)C3=O)C1. The minimum Gasteiger partial charge on any atom is -0.490 e. The van der Waals surface area contributed by atoms with E-state index in [0.717, 1.165) is 24.3 Å². The summed E-state index contributed by atoms with van der Waals surface area (Å²) >= 11 is 0. The van der Waals surface area contributed by atoms with Crippen LogP contribution in [0.15, 0.2) is 18.2 Å². The van der Waals surface area contributed by atoms with Crippen molar-refractivity contribution in [1.82, 2.24) is 15.5 Å². The average molecular weight is 399 g/mol. The number of ether oxygens (including phenoxy) is 1. The van der Waals surface area contributed by atoms with Crippen molar-refractivity contribution in [3.05, 3.63) is 29.3 Å². The Kier molecular flexibility index (Phi) is 5.12. The van der Waals surface area contributed by atoms with E-state index < -0.39 is 23.8 Å². The highest BCUT2D eigenvalue weighted by atomic mass is 16.5. The summed E-state index contributed by atoms with van der Waals surface area (Å²) in [4.78, 5) is 50.0. The smallest absolute Gasteiger partial charge is 0.262 e. The van der Waals surface area contributed by atoms with Crippen molar-refractivity contribution < 1.29 is 23.9 Å². The van der Waals surface area contributed by atoms with Gasteiger partial charge < -0.3 is 10.1 Å². The molecule has 1 unspecified atom stereocenters. The van der Waals surface area contributed by atoms with Gasteiger partial charge in [-0.2, -0.15) is 0 Å². The summed E-state index contributed by atoms with van der Waals surface area (Å²) in [6.45, 7) is 5.21. The monoisotopic (exact) mass is 399 g/mol. The number of hydrogen-bond donors (Lipinski definition) is 2. The summed E-state index contributed by atoms with van der Waals surface area (Å²) in [6, 6.07) is 4.36. The van der Waals surface area contributed by atoms with Crippen LogP contribution in [-0.4, -0.2) is 53.3 Å². The van der Waals surface area contributed by atoms with Crippen molar-refractivity contribution in [2.24, 2.45) is 5.92 Å². The van der Waals surface area contributed by atoms with E-state index >= 15 is 0 Å².